The molecule has 0 N–H and O–H groups in total. The number of carbonyl (C=O) groups is 1. The molecule has 0 saturated heterocycles. The van der Waals surface area contributed by atoms with Crippen LogP contribution in [0.15, 0.2) is 34.9 Å². The predicted octanol–water partition coefficient (Wildman–Crippen LogP) is 3.14. The molecule has 0 aliphatic heterocycles. The van der Waals surface area contributed by atoms with Crippen LogP contribution < -0.4 is 4.90 Å². The zero-order valence-electron chi connectivity index (χ0n) is 11.3. The summed E-state index contributed by atoms with van der Waals surface area (Å²) in [7, 11) is 1.90. The van der Waals surface area contributed by atoms with Crippen LogP contribution in [0.2, 0.25) is 5.02 Å². The maximum Gasteiger partial charge on any atom is 0.360 e. The molecule has 5 nitrogen and oxygen atoms in total. The van der Waals surface area contributed by atoms with Crippen LogP contribution in [0.1, 0.15) is 23.2 Å². The molecular formula is C14H15ClN2O3. The number of ether oxygens (including phenoxy) is 1. The molecule has 1 heterocycles. The number of benzene rings is 1. The van der Waals surface area contributed by atoms with Gasteiger partial charge >= 0.3 is 5.97 Å². The monoisotopic (exact) mass is 294 g/mol. The largest absolute Gasteiger partial charge is 0.461 e. The fourth-order valence-electron chi connectivity index (χ4n) is 1.73. The number of halogens is 1. The normalized spacial score (nSPS) is 10.3. The number of rotatable bonds is 5. The highest BCUT2D eigenvalue weighted by atomic mass is 35.5. The molecule has 0 aliphatic carbocycles. The maximum atomic E-state index is 11.5. The molecule has 20 heavy (non-hydrogen) atoms. The molecule has 0 saturated carbocycles. The van der Waals surface area contributed by atoms with Gasteiger partial charge in [-0.1, -0.05) is 22.8 Å². The van der Waals surface area contributed by atoms with Crippen molar-refractivity contribution >= 4 is 23.3 Å². The van der Waals surface area contributed by atoms with E-state index >= 15 is 0 Å². The van der Waals surface area contributed by atoms with Crippen molar-refractivity contribution in [3.05, 3.63) is 46.8 Å². The topological polar surface area (TPSA) is 55.6 Å². The molecule has 0 fully saturated rings. The first-order valence-corrected chi connectivity index (χ1v) is 6.57. The Labute approximate surface area is 122 Å². The van der Waals surface area contributed by atoms with Crippen LogP contribution in [0.3, 0.4) is 0 Å². The third-order valence-corrected chi connectivity index (χ3v) is 2.92. The molecule has 0 spiro atoms. The minimum absolute atomic E-state index is 0.182. The van der Waals surface area contributed by atoms with Gasteiger partial charge in [0.2, 0.25) is 0 Å². The molecule has 1 aromatic heterocycles. The minimum Gasteiger partial charge on any atom is -0.461 e. The number of hydrogen-bond donors (Lipinski definition) is 0. The van der Waals surface area contributed by atoms with Crippen molar-refractivity contribution < 1.29 is 14.1 Å². The molecule has 2 rings (SSSR count). The lowest BCUT2D eigenvalue weighted by molar-refractivity contribution is 0.0514. The van der Waals surface area contributed by atoms with Crippen molar-refractivity contribution in [1.82, 2.24) is 5.16 Å². The Bertz CT molecular complexity index is 598. The van der Waals surface area contributed by atoms with Crippen LogP contribution in [0, 0.1) is 0 Å². The fourth-order valence-corrected chi connectivity index (χ4v) is 1.91. The summed E-state index contributed by atoms with van der Waals surface area (Å²) in [6.07, 6.45) is 0. The third-order valence-electron chi connectivity index (χ3n) is 2.69. The van der Waals surface area contributed by atoms with Crippen molar-refractivity contribution in [2.75, 3.05) is 18.6 Å². The van der Waals surface area contributed by atoms with Gasteiger partial charge < -0.3 is 14.2 Å². The zero-order valence-corrected chi connectivity index (χ0v) is 12.1. The molecule has 6 heteroatoms. The van der Waals surface area contributed by atoms with E-state index in [-0.39, 0.29) is 5.69 Å². The lowest BCUT2D eigenvalue weighted by Crippen LogP contribution is -2.15. The van der Waals surface area contributed by atoms with Crippen LogP contribution in [-0.2, 0) is 11.3 Å². The van der Waals surface area contributed by atoms with Crippen molar-refractivity contribution in [2.24, 2.45) is 0 Å². The molecule has 1 aromatic carbocycles. The molecule has 2 aromatic rings. The summed E-state index contributed by atoms with van der Waals surface area (Å²) in [4.78, 5) is 13.4. The summed E-state index contributed by atoms with van der Waals surface area (Å²) in [5.74, 6) is 0.100. The Morgan fingerprint density at radius 2 is 2.25 bits per heavy atom. The van der Waals surface area contributed by atoms with Gasteiger partial charge in [0.25, 0.3) is 0 Å². The van der Waals surface area contributed by atoms with Crippen molar-refractivity contribution in [3.63, 3.8) is 0 Å². The lowest BCUT2D eigenvalue weighted by atomic mass is 10.3. The van der Waals surface area contributed by atoms with E-state index in [1.54, 1.807) is 13.0 Å². The fraction of sp³-hybridized carbons (Fsp3) is 0.286. The maximum absolute atomic E-state index is 11.5. The Kier molecular flexibility index (Phi) is 4.63. The summed E-state index contributed by atoms with van der Waals surface area (Å²) in [5, 5.41) is 4.36. The van der Waals surface area contributed by atoms with Gasteiger partial charge in [0.15, 0.2) is 11.5 Å². The predicted molar refractivity (Wildman–Crippen MR) is 76.0 cm³/mol. The quantitative estimate of drug-likeness (QED) is 0.793. The van der Waals surface area contributed by atoms with Crippen LogP contribution in [0.4, 0.5) is 5.69 Å². The van der Waals surface area contributed by atoms with E-state index < -0.39 is 5.97 Å². The Morgan fingerprint density at radius 1 is 1.45 bits per heavy atom. The molecule has 106 valence electrons. The summed E-state index contributed by atoms with van der Waals surface area (Å²) in [6, 6.07) is 9.06. The van der Waals surface area contributed by atoms with E-state index in [0.717, 1.165) is 5.69 Å². The standard InChI is InChI=1S/C14H15ClN2O3/c1-3-19-14(18)13-8-12(20-16-13)9-17(2)11-6-4-5-10(15)7-11/h4-8H,3,9H2,1-2H3. The van der Waals surface area contributed by atoms with Gasteiger partial charge in [-0.15, -0.1) is 0 Å². The van der Waals surface area contributed by atoms with Crippen molar-refractivity contribution in [2.45, 2.75) is 13.5 Å². The second-order valence-electron chi connectivity index (χ2n) is 4.23. The first kappa shape index (κ1) is 14.4. The average Bonchev–Trinajstić information content (AvgIpc) is 2.87. The molecule has 0 radical (unpaired) electrons. The highest BCUT2D eigenvalue weighted by Gasteiger charge is 2.14. The van der Waals surface area contributed by atoms with Crippen LogP contribution in [0.25, 0.3) is 0 Å². The summed E-state index contributed by atoms with van der Waals surface area (Å²) in [5.41, 5.74) is 1.13. The number of hydrogen-bond acceptors (Lipinski definition) is 5. The van der Waals surface area contributed by atoms with Gasteiger partial charge in [0.05, 0.1) is 13.2 Å². The van der Waals surface area contributed by atoms with Crippen LogP contribution in [-0.4, -0.2) is 24.8 Å². The molecule has 0 atom stereocenters. The molecule has 0 unspecified atom stereocenters. The SMILES string of the molecule is CCOC(=O)c1cc(CN(C)c2cccc(Cl)c2)on1. The van der Waals surface area contributed by atoms with E-state index in [1.807, 2.05) is 36.2 Å². The van der Waals surface area contributed by atoms with E-state index in [2.05, 4.69) is 5.16 Å². The Morgan fingerprint density at radius 3 is 2.95 bits per heavy atom. The summed E-state index contributed by atoms with van der Waals surface area (Å²) >= 11 is 5.95. The smallest absolute Gasteiger partial charge is 0.360 e. The Hall–Kier alpha value is -2.01. The lowest BCUT2D eigenvalue weighted by Gasteiger charge is -2.17. The number of carbonyl (C=O) groups excluding carboxylic acids is 1. The minimum atomic E-state index is -0.479. The Balaban J connectivity index is 2.05. The summed E-state index contributed by atoms with van der Waals surface area (Å²) in [6.45, 7) is 2.53. The molecule has 0 amide bonds. The second-order valence-corrected chi connectivity index (χ2v) is 4.67. The summed E-state index contributed by atoms with van der Waals surface area (Å²) < 4.78 is 9.98. The highest BCUT2D eigenvalue weighted by Crippen LogP contribution is 2.20. The average molecular weight is 295 g/mol. The number of aromatic nitrogens is 1. The van der Waals surface area contributed by atoms with Gasteiger partial charge in [0, 0.05) is 23.8 Å². The van der Waals surface area contributed by atoms with Gasteiger partial charge in [0.1, 0.15) is 0 Å². The van der Waals surface area contributed by atoms with E-state index in [9.17, 15) is 4.79 Å². The van der Waals surface area contributed by atoms with E-state index in [4.69, 9.17) is 20.9 Å². The van der Waals surface area contributed by atoms with Crippen molar-refractivity contribution in [3.8, 4) is 0 Å². The van der Waals surface area contributed by atoms with Gasteiger partial charge in [-0.25, -0.2) is 4.79 Å². The van der Waals surface area contributed by atoms with Gasteiger partial charge in [-0.2, -0.15) is 0 Å². The first-order valence-electron chi connectivity index (χ1n) is 6.19. The number of anilines is 1. The molecule has 0 aliphatic rings. The number of nitrogens with zero attached hydrogens (tertiary/aromatic N) is 2. The van der Waals surface area contributed by atoms with E-state index in [0.29, 0.717) is 23.9 Å². The highest BCUT2D eigenvalue weighted by molar-refractivity contribution is 6.30. The van der Waals surface area contributed by atoms with Crippen LogP contribution in [0.5, 0.6) is 0 Å². The van der Waals surface area contributed by atoms with Crippen LogP contribution >= 0.6 is 11.6 Å². The zero-order chi connectivity index (χ0) is 14.5. The third kappa shape index (κ3) is 3.51. The van der Waals surface area contributed by atoms with Gasteiger partial charge in [-0.3, -0.25) is 0 Å². The van der Waals surface area contributed by atoms with Crippen molar-refractivity contribution in [1.29, 1.82) is 0 Å². The second kappa shape index (κ2) is 6.43. The molecular weight excluding hydrogens is 280 g/mol. The van der Waals surface area contributed by atoms with Gasteiger partial charge in [-0.05, 0) is 25.1 Å². The molecule has 0 bridgehead atoms. The number of esters is 1. The first-order chi connectivity index (χ1) is 9.60. The van der Waals surface area contributed by atoms with E-state index in [1.165, 1.54) is 0 Å².